The van der Waals surface area contributed by atoms with Gasteiger partial charge in [0.1, 0.15) is 5.69 Å². The molecule has 3 aromatic heterocycles. The fraction of sp³-hybridized carbons (Fsp3) is 0.130. The maximum absolute atomic E-state index is 13.4. The van der Waals surface area contributed by atoms with Crippen molar-refractivity contribution in [1.82, 2.24) is 19.3 Å². The minimum absolute atomic E-state index is 0.0594. The number of aromatic nitrogens is 3. The van der Waals surface area contributed by atoms with Crippen LogP contribution >= 0.6 is 11.3 Å². The minimum atomic E-state index is 0.0594. The maximum Gasteiger partial charge on any atom is 0.272 e. The Morgan fingerprint density at radius 3 is 2.79 bits per heavy atom. The van der Waals surface area contributed by atoms with Gasteiger partial charge in [-0.2, -0.15) is 0 Å². The smallest absolute Gasteiger partial charge is 0.272 e. The van der Waals surface area contributed by atoms with E-state index in [0.717, 1.165) is 34.7 Å². The van der Waals surface area contributed by atoms with Gasteiger partial charge in [-0.25, -0.2) is 4.98 Å². The Morgan fingerprint density at radius 1 is 1.07 bits per heavy atom. The summed E-state index contributed by atoms with van der Waals surface area (Å²) in [5.74, 6) is 0.0594. The third-order valence-electron chi connectivity index (χ3n) is 5.67. The van der Waals surface area contributed by atoms with Crippen LogP contribution in [-0.4, -0.2) is 31.7 Å². The second-order valence-corrected chi connectivity index (χ2v) is 8.21. The standard InChI is InChI=1S/C23H18N4OS/c28-22(26-11-10-19-17(12-26)16-8-4-5-9-18(16)24-19)21-14-29-23-25-20(13-27(21)23)15-6-2-1-3-7-15/h1-9,13-14,24H,10-12H2. The summed E-state index contributed by atoms with van der Waals surface area (Å²) in [7, 11) is 0. The van der Waals surface area contributed by atoms with E-state index in [1.165, 1.54) is 28.0 Å². The number of thiazole rings is 1. The van der Waals surface area contributed by atoms with Crippen molar-refractivity contribution in [3.05, 3.63) is 83.1 Å². The third-order valence-corrected chi connectivity index (χ3v) is 6.51. The first-order valence-electron chi connectivity index (χ1n) is 9.68. The molecule has 0 fully saturated rings. The zero-order valence-electron chi connectivity index (χ0n) is 15.6. The van der Waals surface area contributed by atoms with Gasteiger partial charge in [0.2, 0.25) is 0 Å². The molecule has 0 aliphatic carbocycles. The number of nitrogens with one attached hydrogen (secondary N) is 1. The van der Waals surface area contributed by atoms with Gasteiger partial charge in [-0.3, -0.25) is 9.20 Å². The normalized spacial score (nSPS) is 13.9. The zero-order chi connectivity index (χ0) is 19.4. The van der Waals surface area contributed by atoms with Crippen LogP contribution in [0.4, 0.5) is 0 Å². The van der Waals surface area contributed by atoms with Crippen LogP contribution < -0.4 is 0 Å². The lowest BCUT2D eigenvalue weighted by molar-refractivity contribution is 0.0728. The number of benzene rings is 2. The summed E-state index contributed by atoms with van der Waals surface area (Å²) in [6, 6.07) is 18.4. The Bertz CT molecular complexity index is 1360. The lowest BCUT2D eigenvalue weighted by atomic mass is 10.0. The number of amides is 1. The number of fused-ring (bicyclic) bond motifs is 4. The first-order chi connectivity index (χ1) is 14.3. The number of nitrogens with zero attached hydrogens (tertiary/aromatic N) is 3. The summed E-state index contributed by atoms with van der Waals surface area (Å²) in [5, 5.41) is 3.13. The molecule has 0 spiro atoms. The van der Waals surface area contributed by atoms with E-state index in [1.807, 2.05) is 57.3 Å². The minimum Gasteiger partial charge on any atom is -0.358 e. The molecule has 5 nitrogen and oxygen atoms in total. The quantitative estimate of drug-likeness (QED) is 0.467. The summed E-state index contributed by atoms with van der Waals surface area (Å²) in [5.41, 5.74) is 6.27. The predicted molar refractivity (Wildman–Crippen MR) is 115 cm³/mol. The number of para-hydroxylation sites is 1. The molecule has 142 valence electrons. The summed E-state index contributed by atoms with van der Waals surface area (Å²) >= 11 is 1.51. The molecule has 0 radical (unpaired) electrons. The van der Waals surface area contributed by atoms with E-state index in [1.54, 1.807) is 0 Å². The Morgan fingerprint density at radius 2 is 1.90 bits per heavy atom. The summed E-state index contributed by atoms with van der Waals surface area (Å²) in [4.78, 5) is 24.4. The summed E-state index contributed by atoms with van der Waals surface area (Å²) in [6.45, 7) is 1.35. The van der Waals surface area contributed by atoms with Crippen LogP contribution in [-0.2, 0) is 13.0 Å². The topological polar surface area (TPSA) is 53.4 Å². The van der Waals surface area contributed by atoms with Gasteiger partial charge in [-0.15, -0.1) is 11.3 Å². The fourth-order valence-electron chi connectivity index (χ4n) is 4.19. The summed E-state index contributed by atoms with van der Waals surface area (Å²) < 4.78 is 1.93. The van der Waals surface area contributed by atoms with Gasteiger partial charge in [0.05, 0.1) is 5.69 Å². The lowest BCUT2D eigenvalue weighted by Gasteiger charge is -2.27. The molecule has 0 bridgehead atoms. The molecule has 1 aliphatic rings. The van der Waals surface area contributed by atoms with Gasteiger partial charge in [-0.05, 0) is 6.07 Å². The number of carbonyl (C=O) groups is 1. The lowest BCUT2D eigenvalue weighted by Crippen LogP contribution is -2.36. The van der Waals surface area contributed by atoms with E-state index in [2.05, 4.69) is 23.2 Å². The van der Waals surface area contributed by atoms with Crippen molar-refractivity contribution in [1.29, 1.82) is 0 Å². The first-order valence-corrected chi connectivity index (χ1v) is 10.6. The molecule has 1 N–H and O–H groups in total. The predicted octanol–water partition coefficient (Wildman–Crippen LogP) is 4.74. The number of hydrogen-bond donors (Lipinski definition) is 1. The molecule has 29 heavy (non-hydrogen) atoms. The van der Waals surface area contributed by atoms with Crippen molar-refractivity contribution in [2.45, 2.75) is 13.0 Å². The molecule has 0 atom stereocenters. The molecule has 1 amide bonds. The van der Waals surface area contributed by atoms with Gasteiger partial charge >= 0.3 is 0 Å². The Labute approximate surface area is 171 Å². The number of hydrogen-bond acceptors (Lipinski definition) is 3. The third kappa shape index (κ3) is 2.60. The highest BCUT2D eigenvalue weighted by molar-refractivity contribution is 7.15. The van der Waals surface area contributed by atoms with Crippen LogP contribution in [0.2, 0.25) is 0 Å². The van der Waals surface area contributed by atoms with Crippen LogP contribution in [0.1, 0.15) is 21.7 Å². The second kappa shape index (κ2) is 6.32. The Kier molecular flexibility index (Phi) is 3.61. The molecule has 0 saturated carbocycles. The average Bonchev–Trinajstić information content (AvgIpc) is 3.45. The molecule has 5 aromatic rings. The molecular formula is C23H18N4OS. The number of carbonyl (C=O) groups excluding carboxylic acids is 1. The molecule has 2 aromatic carbocycles. The van der Waals surface area contributed by atoms with Crippen LogP contribution in [0.15, 0.2) is 66.2 Å². The molecule has 4 heterocycles. The Hall–Kier alpha value is -3.38. The molecular weight excluding hydrogens is 380 g/mol. The average molecular weight is 398 g/mol. The summed E-state index contributed by atoms with van der Waals surface area (Å²) in [6.07, 6.45) is 2.82. The van der Waals surface area contributed by atoms with Crippen LogP contribution in [0.5, 0.6) is 0 Å². The highest BCUT2D eigenvalue weighted by atomic mass is 32.1. The van der Waals surface area contributed by atoms with Gasteiger partial charge < -0.3 is 9.88 Å². The largest absolute Gasteiger partial charge is 0.358 e. The van der Waals surface area contributed by atoms with Gasteiger partial charge in [-0.1, -0.05) is 48.5 Å². The number of imidazole rings is 1. The number of aromatic amines is 1. The first kappa shape index (κ1) is 16.6. The van der Waals surface area contributed by atoms with E-state index < -0.39 is 0 Å². The van der Waals surface area contributed by atoms with E-state index >= 15 is 0 Å². The molecule has 1 aliphatic heterocycles. The fourth-order valence-corrected chi connectivity index (χ4v) is 5.03. The van der Waals surface area contributed by atoms with Gasteiger partial charge in [0.25, 0.3) is 5.91 Å². The van der Waals surface area contributed by atoms with Crippen molar-refractivity contribution in [2.75, 3.05) is 6.54 Å². The monoisotopic (exact) mass is 398 g/mol. The molecule has 6 heteroatoms. The SMILES string of the molecule is O=C(c1csc2nc(-c3ccccc3)cn12)N1CCc2[nH]c3ccccc3c2C1. The van der Waals surface area contributed by atoms with Crippen molar-refractivity contribution in [3.8, 4) is 11.3 Å². The zero-order valence-corrected chi connectivity index (χ0v) is 16.4. The molecule has 0 unspecified atom stereocenters. The van der Waals surface area contributed by atoms with Crippen molar-refractivity contribution >= 4 is 33.1 Å². The van der Waals surface area contributed by atoms with Crippen LogP contribution in [0.25, 0.3) is 27.1 Å². The molecule has 0 saturated heterocycles. The van der Waals surface area contributed by atoms with Gasteiger partial charge in [0.15, 0.2) is 4.96 Å². The van der Waals surface area contributed by atoms with E-state index in [9.17, 15) is 4.79 Å². The van der Waals surface area contributed by atoms with Crippen LogP contribution in [0, 0.1) is 0 Å². The molecule has 6 rings (SSSR count). The Balaban J connectivity index is 1.35. The van der Waals surface area contributed by atoms with Crippen molar-refractivity contribution < 1.29 is 4.79 Å². The van der Waals surface area contributed by atoms with Crippen molar-refractivity contribution in [3.63, 3.8) is 0 Å². The van der Waals surface area contributed by atoms with E-state index in [0.29, 0.717) is 12.2 Å². The van der Waals surface area contributed by atoms with E-state index in [-0.39, 0.29) is 5.91 Å². The second-order valence-electron chi connectivity index (χ2n) is 7.37. The van der Waals surface area contributed by atoms with Gasteiger partial charge in [0, 0.05) is 58.8 Å². The highest BCUT2D eigenvalue weighted by Crippen LogP contribution is 2.29. The van der Waals surface area contributed by atoms with E-state index in [4.69, 9.17) is 4.98 Å². The number of H-pyrrole nitrogens is 1. The van der Waals surface area contributed by atoms with Crippen LogP contribution in [0.3, 0.4) is 0 Å². The van der Waals surface area contributed by atoms with Crippen molar-refractivity contribution in [2.24, 2.45) is 0 Å². The highest BCUT2D eigenvalue weighted by Gasteiger charge is 2.27. The maximum atomic E-state index is 13.4. The number of rotatable bonds is 2.